The molecule has 0 saturated carbocycles. The molecule has 26 heavy (non-hydrogen) atoms. The summed E-state index contributed by atoms with van der Waals surface area (Å²) >= 11 is 0. The van der Waals surface area contributed by atoms with Crippen molar-refractivity contribution in [3.05, 3.63) is 36.4 Å². The van der Waals surface area contributed by atoms with Gasteiger partial charge in [0.05, 0.1) is 25.4 Å². The molecule has 0 aliphatic carbocycles. The van der Waals surface area contributed by atoms with Gasteiger partial charge in [-0.3, -0.25) is 4.79 Å². The number of hydrogen-bond acceptors (Lipinski definition) is 3. The van der Waals surface area contributed by atoms with E-state index in [1.54, 1.807) is 7.11 Å². The SMILES string of the molecule is COc1cc2c(cc1NC(=O)C[NH+]1CCCC[C@@H]1C)oc1ccccc12. The summed E-state index contributed by atoms with van der Waals surface area (Å²) < 4.78 is 11.4. The molecule has 2 atom stereocenters. The van der Waals surface area contributed by atoms with Crippen molar-refractivity contribution in [2.24, 2.45) is 0 Å². The number of rotatable bonds is 4. The van der Waals surface area contributed by atoms with Crippen molar-refractivity contribution in [1.82, 2.24) is 0 Å². The van der Waals surface area contributed by atoms with E-state index >= 15 is 0 Å². The summed E-state index contributed by atoms with van der Waals surface area (Å²) in [7, 11) is 1.62. The average molecular weight is 353 g/mol. The number of piperidine rings is 1. The molecule has 5 heteroatoms. The summed E-state index contributed by atoms with van der Waals surface area (Å²) in [6.45, 7) is 3.78. The van der Waals surface area contributed by atoms with Gasteiger partial charge in [0.25, 0.3) is 5.91 Å². The molecule has 4 rings (SSSR count). The Hall–Kier alpha value is -2.53. The van der Waals surface area contributed by atoms with E-state index < -0.39 is 0 Å². The molecule has 0 bridgehead atoms. The maximum atomic E-state index is 12.6. The number of methoxy groups -OCH3 is 1. The number of fused-ring (bicyclic) bond motifs is 3. The third-order valence-corrected chi connectivity index (χ3v) is 5.44. The molecule has 2 N–H and O–H groups in total. The number of benzene rings is 2. The van der Waals surface area contributed by atoms with Crippen LogP contribution in [0.2, 0.25) is 0 Å². The second-order valence-corrected chi connectivity index (χ2v) is 7.18. The fraction of sp³-hybridized carbons (Fsp3) is 0.381. The van der Waals surface area contributed by atoms with Gasteiger partial charge in [-0.25, -0.2) is 0 Å². The Morgan fingerprint density at radius 1 is 1.23 bits per heavy atom. The minimum Gasteiger partial charge on any atom is -0.495 e. The first-order valence-corrected chi connectivity index (χ1v) is 9.29. The predicted molar refractivity (Wildman–Crippen MR) is 103 cm³/mol. The number of hydrogen-bond donors (Lipinski definition) is 2. The smallest absolute Gasteiger partial charge is 0.279 e. The van der Waals surface area contributed by atoms with E-state index in [0.717, 1.165) is 28.5 Å². The van der Waals surface area contributed by atoms with E-state index in [-0.39, 0.29) is 5.91 Å². The lowest BCUT2D eigenvalue weighted by Crippen LogP contribution is -3.17. The van der Waals surface area contributed by atoms with Gasteiger partial charge in [0.1, 0.15) is 16.9 Å². The summed E-state index contributed by atoms with van der Waals surface area (Å²) in [6, 6.07) is 12.2. The van der Waals surface area contributed by atoms with Crippen molar-refractivity contribution in [3.8, 4) is 5.75 Å². The van der Waals surface area contributed by atoms with Crippen LogP contribution in [0, 0.1) is 0 Å². The van der Waals surface area contributed by atoms with Gasteiger partial charge in [-0.15, -0.1) is 0 Å². The van der Waals surface area contributed by atoms with Crippen molar-refractivity contribution in [1.29, 1.82) is 0 Å². The van der Waals surface area contributed by atoms with Gasteiger partial charge >= 0.3 is 0 Å². The third kappa shape index (κ3) is 3.15. The summed E-state index contributed by atoms with van der Waals surface area (Å²) in [4.78, 5) is 13.9. The quantitative estimate of drug-likeness (QED) is 0.758. The average Bonchev–Trinajstić information content (AvgIpc) is 3.00. The standard InChI is InChI=1S/C21H24N2O3/c1-14-7-5-6-10-23(14)13-21(24)22-17-12-19-16(11-20(17)25-2)15-8-3-4-9-18(15)26-19/h3-4,8-9,11-12,14H,5-7,10,13H2,1-2H3,(H,22,24)/p+1/t14-/m0/s1. The largest absolute Gasteiger partial charge is 0.495 e. The fourth-order valence-corrected chi connectivity index (χ4v) is 3.93. The van der Waals surface area contributed by atoms with Crippen LogP contribution in [0.15, 0.2) is 40.8 Å². The highest BCUT2D eigenvalue weighted by Crippen LogP contribution is 2.36. The minimum atomic E-state index is 0.0162. The zero-order chi connectivity index (χ0) is 18.1. The zero-order valence-corrected chi connectivity index (χ0v) is 15.3. The summed E-state index contributed by atoms with van der Waals surface area (Å²) in [5.74, 6) is 0.668. The lowest BCUT2D eigenvalue weighted by molar-refractivity contribution is -0.920. The lowest BCUT2D eigenvalue weighted by atomic mass is 10.0. The molecule has 5 nitrogen and oxygen atoms in total. The molecule has 3 aromatic rings. The molecule has 1 unspecified atom stereocenters. The molecule has 1 aliphatic rings. The first-order chi connectivity index (χ1) is 12.7. The van der Waals surface area contributed by atoms with Crippen LogP contribution in [-0.2, 0) is 4.79 Å². The Kier molecular flexibility index (Phi) is 4.55. The number of ether oxygens (including phenoxy) is 1. The van der Waals surface area contributed by atoms with Crippen LogP contribution in [-0.4, -0.2) is 32.1 Å². The topological polar surface area (TPSA) is 55.9 Å². The molecule has 1 aliphatic heterocycles. The number of para-hydroxylation sites is 1. The van der Waals surface area contributed by atoms with Crippen LogP contribution in [0.25, 0.3) is 21.9 Å². The van der Waals surface area contributed by atoms with Crippen molar-refractivity contribution in [3.63, 3.8) is 0 Å². The van der Waals surface area contributed by atoms with Crippen LogP contribution < -0.4 is 15.0 Å². The Labute approximate surface area is 152 Å². The van der Waals surface area contributed by atoms with Gasteiger partial charge in [0.15, 0.2) is 6.54 Å². The summed E-state index contributed by atoms with van der Waals surface area (Å²) in [6.07, 6.45) is 3.65. The lowest BCUT2D eigenvalue weighted by Gasteiger charge is -2.29. The summed E-state index contributed by atoms with van der Waals surface area (Å²) in [5.41, 5.74) is 2.24. The minimum absolute atomic E-state index is 0.0162. The van der Waals surface area contributed by atoms with Crippen LogP contribution in [0.3, 0.4) is 0 Å². The predicted octanol–water partition coefficient (Wildman–Crippen LogP) is 2.99. The number of amides is 1. The number of carbonyl (C=O) groups is 1. The fourth-order valence-electron chi connectivity index (χ4n) is 3.93. The molecule has 1 fully saturated rings. The van der Waals surface area contributed by atoms with Gasteiger partial charge in [0.2, 0.25) is 0 Å². The van der Waals surface area contributed by atoms with Crippen LogP contribution >= 0.6 is 0 Å². The molecule has 2 heterocycles. The highest BCUT2D eigenvalue weighted by molar-refractivity contribution is 6.07. The van der Waals surface area contributed by atoms with E-state index in [9.17, 15) is 4.79 Å². The molecule has 2 aromatic carbocycles. The van der Waals surface area contributed by atoms with Gasteiger partial charge in [-0.1, -0.05) is 18.2 Å². The van der Waals surface area contributed by atoms with Crippen molar-refractivity contribution in [2.75, 3.05) is 25.5 Å². The monoisotopic (exact) mass is 353 g/mol. The Morgan fingerprint density at radius 3 is 2.88 bits per heavy atom. The molecule has 1 aromatic heterocycles. The van der Waals surface area contributed by atoms with Gasteiger partial charge in [0, 0.05) is 16.8 Å². The van der Waals surface area contributed by atoms with Gasteiger partial charge < -0.3 is 19.4 Å². The Balaban J connectivity index is 1.60. The van der Waals surface area contributed by atoms with Gasteiger partial charge in [-0.2, -0.15) is 0 Å². The Bertz CT molecular complexity index is 947. The van der Waals surface area contributed by atoms with Crippen molar-refractivity contribution < 1.29 is 18.8 Å². The second kappa shape index (κ2) is 7.00. The number of carbonyl (C=O) groups excluding carboxylic acids is 1. The summed E-state index contributed by atoms with van der Waals surface area (Å²) in [5, 5.41) is 5.06. The van der Waals surface area contributed by atoms with Crippen LogP contribution in [0.1, 0.15) is 26.2 Å². The maximum absolute atomic E-state index is 12.6. The number of quaternary nitrogens is 1. The van der Waals surface area contributed by atoms with E-state index in [1.165, 1.54) is 24.2 Å². The molecule has 136 valence electrons. The Morgan fingerprint density at radius 2 is 2.08 bits per heavy atom. The van der Waals surface area contributed by atoms with Crippen LogP contribution in [0.4, 0.5) is 5.69 Å². The number of anilines is 1. The highest BCUT2D eigenvalue weighted by atomic mass is 16.5. The molecule has 0 spiro atoms. The van der Waals surface area contributed by atoms with E-state index in [0.29, 0.717) is 24.0 Å². The van der Waals surface area contributed by atoms with E-state index in [2.05, 4.69) is 12.2 Å². The highest BCUT2D eigenvalue weighted by Gasteiger charge is 2.24. The first kappa shape index (κ1) is 16.9. The first-order valence-electron chi connectivity index (χ1n) is 9.29. The molecular weight excluding hydrogens is 328 g/mol. The van der Waals surface area contributed by atoms with E-state index in [4.69, 9.17) is 9.15 Å². The zero-order valence-electron chi connectivity index (χ0n) is 15.3. The normalized spacial score (nSPS) is 20.4. The van der Waals surface area contributed by atoms with Crippen molar-refractivity contribution in [2.45, 2.75) is 32.2 Å². The maximum Gasteiger partial charge on any atom is 0.279 e. The molecule has 0 radical (unpaired) electrons. The van der Waals surface area contributed by atoms with E-state index in [1.807, 2.05) is 36.4 Å². The van der Waals surface area contributed by atoms with Crippen LogP contribution in [0.5, 0.6) is 5.75 Å². The number of furan rings is 1. The number of nitrogens with one attached hydrogen (secondary N) is 2. The third-order valence-electron chi connectivity index (χ3n) is 5.44. The number of likely N-dealkylation sites (tertiary alicyclic amines) is 1. The second-order valence-electron chi connectivity index (χ2n) is 7.18. The van der Waals surface area contributed by atoms with Crippen molar-refractivity contribution >= 4 is 33.5 Å². The molecule has 1 saturated heterocycles. The molecule has 1 amide bonds. The van der Waals surface area contributed by atoms with Gasteiger partial charge in [-0.05, 0) is 38.3 Å². The molecular formula is C21H25N2O3+.